The Labute approximate surface area is 156 Å². The summed E-state index contributed by atoms with van der Waals surface area (Å²) < 4.78 is 19.5. The molecule has 1 heterocycles. The summed E-state index contributed by atoms with van der Waals surface area (Å²) in [7, 11) is 0. The monoisotopic (exact) mass is 362 g/mol. The second kappa shape index (κ2) is 9.33. The Balaban J connectivity index is 1.48. The van der Waals surface area contributed by atoms with Crippen LogP contribution in [0.1, 0.15) is 31.7 Å². The molecule has 1 aromatic rings. The molecule has 0 spiro atoms. The number of aliphatic imine (C=N–C) groups is 1. The molecule has 26 heavy (non-hydrogen) atoms. The van der Waals surface area contributed by atoms with Crippen LogP contribution >= 0.6 is 0 Å². The van der Waals surface area contributed by atoms with Gasteiger partial charge in [0.25, 0.3) is 0 Å². The highest BCUT2D eigenvalue weighted by atomic mass is 19.1. The maximum atomic E-state index is 14.1. The van der Waals surface area contributed by atoms with E-state index in [0.717, 1.165) is 76.7 Å². The molecule has 0 bridgehead atoms. The predicted octanol–water partition coefficient (Wildman–Crippen LogP) is 2.13. The van der Waals surface area contributed by atoms with Gasteiger partial charge in [0.15, 0.2) is 5.96 Å². The van der Waals surface area contributed by atoms with E-state index in [0.29, 0.717) is 6.54 Å². The van der Waals surface area contributed by atoms with Crippen molar-refractivity contribution in [3.8, 4) is 0 Å². The standard InChI is InChI=1S/C20H31FN4O/c1-2-22-19(23-10-5-11-25-12-14-26-15-13-25)24-16-20(8-9-20)17-6-3-4-7-18(17)21/h3-4,6-7H,2,5,8-16H2,1H3,(H2,22,23,24). The lowest BCUT2D eigenvalue weighted by Crippen LogP contribution is -2.41. The van der Waals surface area contributed by atoms with Crippen LogP contribution in [0.5, 0.6) is 0 Å². The van der Waals surface area contributed by atoms with Crippen LogP contribution in [0.25, 0.3) is 0 Å². The normalized spacial score (nSPS) is 20.0. The molecule has 0 radical (unpaired) electrons. The summed E-state index contributed by atoms with van der Waals surface area (Å²) in [6, 6.07) is 7.12. The highest BCUT2D eigenvalue weighted by Gasteiger charge is 2.45. The van der Waals surface area contributed by atoms with Gasteiger partial charge in [-0.15, -0.1) is 0 Å². The zero-order valence-corrected chi connectivity index (χ0v) is 15.8. The van der Waals surface area contributed by atoms with Crippen molar-refractivity contribution in [3.63, 3.8) is 0 Å². The Bertz CT molecular complexity index is 597. The van der Waals surface area contributed by atoms with Crippen molar-refractivity contribution in [2.24, 2.45) is 4.99 Å². The van der Waals surface area contributed by atoms with Gasteiger partial charge in [0, 0.05) is 31.6 Å². The summed E-state index contributed by atoms with van der Waals surface area (Å²) in [6.07, 6.45) is 3.09. The fraction of sp³-hybridized carbons (Fsp3) is 0.650. The Kier molecular flexibility index (Phi) is 6.86. The molecular weight excluding hydrogens is 331 g/mol. The molecule has 2 N–H and O–H groups in total. The van der Waals surface area contributed by atoms with E-state index in [1.807, 2.05) is 12.1 Å². The van der Waals surface area contributed by atoms with Crippen LogP contribution < -0.4 is 10.6 Å². The minimum atomic E-state index is -0.110. The van der Waals surface area contributed by atoms with E-state index in [1.54, 1.807) is 12.1 Å². The molecule has 0 atom stereocenters. The smallest absolute Gasteiger partial charge is 0.191 e. The van der Waals surface area contributed by atoms with Gasteiger partial charge in [0.05, 0.1) is 19.8 Å². The first kappa shape index (κ1) is 19.1. The van der Waals surface area contributed by atoms with E-state index in [-0.39, 0.29) is 11.2 Å². The molecule has 1 aliphatic carbocycles. The molecule has 1 aromatic carbocycles. The molecule has 0 unspecified atom stereocenters. The predicted molar refractivity (Wildman–Crippen MR) is 103 cm³/mol. The number of benzene rings is 1. The second-order valence-corrected chi connectivity index (χ2v) is 7.19. The molecule has 144 valence electrons. The quantitative estimate of drug-likeness (QED) is 0.423. The Morgan fingerprint density at radius 2 is 2.00 bits per heavy atom. The molecule has 1 aliphatic heterocycles. The van der Waals surface area contributed by atoms with Gasteiger partial charge >= 0.3 is 0 Å². The van der Waals surface area contributed by atoms with Crippen LogP contribution in [0.4, 0.5) is 4.39 Å². The Morgan fingerprint density at radius 1 is 1.23 bits per heavy atom. The second-order valence-electron chi connectivity index (χ2n) is 7.19. The third-order valence-electron chi connectivity index (χ3n) is 5.23. The molecule has 0 amide bonds. The van der Waals surface area contributed by atoms with E-state index in [9.17, 15) is 4.39 Å². The maximum Gasteiger partial charge on any atom is 0.191 e. The van der Waals surface area contributed by atoms with Gasteiger partial charge in [0.2, 0.25) is 0 Å². The summed E-state index contributed by atoms with van der Waals surface area (Å²) in [6.45, 7) is 9.22. The number of morpholine rings is 1. The van der Waals surface area contributed by atoms with Gasteiger partial charge in [-0.25, -0.2) is 4.39 Å². The number of nitrogens with zero attached hydrogens (tertiary/aromatic N) is 2. The third kappa shape index (κ3) is 5.17. The summed E-state index contributed by atoms with van der Waals surface area (Å²) >= 11 is 0. The molecule has 5 nitrogen and oxygen atoms in total. The number of ether oxygens (including phenoxy) is 1. The minimum Gasteiger partial charge on any atom is -0.379 e. The molecular formula is C20H31FN4O. The first-order valence-electron chi connectivity index (χ1n) is 9.81. The number of guanidine groups is 1. The van der Waals surface area contributed by atoms with Crippen LogP contribution in [-0.2, 0) is 10.2 Å². The van der Waals surface area contributed by atoms with Crippen molar-refractivity contribution in [1.29, 1.82) is 0 Å². The number of hydrogen-bond acceptors (Lipinski definition) is 3. The zero-order chi connectivity index (χ0) is 18.2. The number of halogens is 1. The molecule has 2 aliphatic rings. The fourth-order valence-electron chi connectivity index (χ4n) is 3.46. The summed E-state index contributed by atoms with van der Waals surface area (Å²) in [5.74, 6) is 0.723. The van der Waals surface area contributed by atoms with Gasteiger partial charge in [-0.05, 0) is 44.4 Å². The number of hydrogen-bond donors (Lipinski definition) is 2. The lowest BCUT2D eigenvalue weighted by Gasteiger charge is -2.26. The topological polar surface area (TPSA) is 48.9 Å². The van der Waals surface area contributed by atoms with E-state index < -0.39 is 0 Å². The van der Waals surface area contributed by atoms with Crippen molar-refractivity contribution in [1.82, 2.24) is 15.5 Å². The van der Waals surface area contributed by atoms with E-state index in [2.05, 4.69) is 22.5 Å². The van der Waals surface area contributed by atoms with E-state index in [1.165, 1.54) is 0 Å². The minimum absolute atomic E-state index is 0.108. The van der Waals surface area contributed by atoms with Gasteiger partial charge in [-0.2, -0.15) is 0 Å². The lowest BCUT2D eigenvalue weighted by atomic mass is 9.95. The number of rotatable bonds is 8. The van der Waals surface area contributed by atoms with Crippen molar-refractivity contribution in [2.45, 2.75) is 31.6 Å². The van der Waals surface area contributed by atoms with Gasteiger partial charge < -0.3 is 15.4 Å². The summed E-state index contributed by atoms with van der Waals surface area (Å²) in [4.78, 5) is 7.18. The summed E-state index contributed by atoms with van der Waals surface area (Å²) in [5, 5.41) is 6.71. The molecule has 1 saturated carbocycles. The molecule has 2 fully saturated rings. The molecule has 1 saturated heterocycles. The van der Waals surface area contributed by atoms with Crippen LogP contribution in [0.3, 0.4) is 0 Å². The van der Waals surface area contributed by atoms with Crippen LogP contribution in [0, 0.1) is 5.82 Å². The first-order chi connectivity index (χ1) is 12.7. The van der Waals surface area contributed by atoms with E-state index >= 15 is 0 Å². The van der Waals surface area contributed by atoms with Crippen molar-refractivity contribution in [2.75, 3.05) is 52.5 Å². The number of nitrogens with one attached hydrogen (secondary N) is 2. The van der Waals surface area contributed by atoms with E-state index in [4.69, 9.17) is 9.73 Å². The first-order valence-corrected chi connectivity index (χ1v) is 9.81. The maximum absolute atomic E-state index is 14.1. The lowest BCUT2D eigenvalue weighted by molar-refractivity contribution is 0.0376. The molecule has 0 aromatic heterocycles. The summed E-state index contributed by atoms with van der Waals surface area (Å²) in [5.41, 5.74) is 0.702. The van der Waals surface area contributed by atoms with Gasteiger partial charge in [0.1, 0.15) is 5.82 Å². The SMILES string of the molecule is CCNC(=NCC1(c2ccccc2F)CC1)NCCCN1CCOCC1. The Morgan fingerprint density at radius 3 is 2.69 bits per heavy atom. The Hall–Kier alpha value is -1.66. The zero-order valence-electron chi connectivity index (χ0n) is 15.8. The van der Waals surface area contributed by atoms with Crippen LogP contribution in [0.2, 0.25) is 0 Å². The average molecular weight is 362 g/mol. The molecule has 3 rings (SSSR count). The van der Waals surface area contributed by atoms with Crippen molar-refractivity contribution < 1.29 is 9.13 Å². The average Bonchev–Trinajstić information content (AvgIpc) is 3.45. The highest BCUT2D eigenvalue weighted by molar-refractivity contribution is 5.79. The fourth-order valence-corrected chi connectivity index (χ4v) is 3.46. The van der Waals surface area contributed by atoms with Crippen molar-refractivity contribution in [3.05, 3.63) is 35.6 Å². The highest BCUT2D eigenvalue weighted by Crippen LogP contribution is 2.49. The van der Waals surface area contributed by atoms with Gasteiger partial charge in [-0.1, -0.05) is 18.2 Å². The third-order valence-corrected chi connectivity index (χ3v) is 5.23. The largest absolute Gasteiger partial charge is 0.379 e. The van der Waals surface area contributed by atoms with Crippen LogP contribution in [0.15, 0.2) is 29.3 Å². The van der Waals surface area contributed by atoms with Crippen LogP contribution in [-0.4, -0.2) is 63.3 Å². The van der Waals surface area contributed by atoms with Gasteiger partial charge in [-0.3, -0.25) is 9.89 Å². The van der Waals surface area contributed by atoms with Crippen molar-refractivity contribution >= 4 is 5.96 Å². The molecule has 6 heteroatoms.